The van der Waals surface area contributed by atoms with Crippen molar-refractivity contribution in [2.75, 3.05) is 27.9 Å². The number of likely N-dealkylation sites (tertiary alicyclic amines) is 1. The third-order valence-corrected chi connectivity index (χ3v) is 4.27. The Bertz CT molecular complexity index is 504. The Labute approximate surface area is 132 Å². The molecule has 1 aliphatic rings. The van der Waals surface area contributed by atoms with Crippen LogP contribution in [0.2, 0.25) is 0 Å². The molecule has 1 aliphatic heterocycles. The highest BCUT2D eigenvalue weighted by Gasteiger charge is 2.27. The van der Waals surface area contributed by atoms with Gasteiger partial charge in [-0.1, -0.05) is 6.92 Å². The molecule has 0 bridgehead atoms. The van der Waals surface area contributed by atoms with Gasteiger partial charge in [-0.15, -0.1) is 0 Å². The lowest BCUT2D eigenvalue weighted by Gasteiger charge is -2.35. The zero-order valence-electron chi connectivity index (χ0n) is 13.8. The number of methoxy groups -OCH3 is 3. The van der Waals surface area contributed by atoms with Crippen LogP contribution >= 0.6 is 0 Å². The van der Waals surface area contributed by atoms with Crippen LogP contribution in [-0.4, -0.2) is 44.7 Å². The van der Waals surface area contributed by atoms with Crippen molar-refractivity contribution in [2.24, 2.45) is 0 Å². The van der Waals surface area contributed by atoms with E-state index in [4.69, 9.17) is 14.2 Å². The second kappa shape index (κ2) is 7.38. The minimum absolute atomic E-state index is 0.0332. The van der Waals surface area contributed by atoms with E-state index in [1.807, 2.05) is 4.90 Å². The van der Waals surface area contributed by atoms with Crippen molar-refractivity contribution in [2.45, 2.75) is 38.6 Å². The van der Waals surface area contributed by atoms with Gasteiger partial charge in [-0.2, -0.15) is 0 Å². The van der Waals surface area contributed by atoms with E-state index in [0.29, 0.717) is 28.9 Å². The van der Waals surface area contributed by atoms with Crippen LogP contribution in [-0.2, 0) is 0 Å². The van der Waals surface area contributed by atoms with Crippen LogP contribution in [0, 0.1) is 0 Å². The third-order valence-electron chi connectivity index (χ3n) is 4.27. The monoisotopic (exact) mass is 307 g/mol. The molecule has 0 N–H and O–H groups in total. The van der Waals surface area contributed by atoms with E-state index in [1.54, 1.807) is 33.5 Å². The minimum Gasteiger partial charge on any atom is -0.493 e. The number of amides is 1. The topological polar surface area (TPSA) is 48.0 Å². The number of carbonyl (C=O) groups excluding carboxylic acids is 1. The fourth-order valence-electron chi connectivity index (χ4n) is 3.06. The Kier molecular flexibility index (Phi) is 5.52. The van der Waals surface area contributed by atoms with Gasteiger partial charge in [0.15, 0.2) is 11.5 Å². The molecular formula is C17H25NO4. The minimum atomic E-state index is 0.0332. The first kappa shape index (κ1) is 16.5. The molecule has 0 saturated carbocycles. The van der Waals surface area contributed by atoms with Crippen LogP contribution in [0.25, 0.3) is 0 Å². The predicted octanol–water partition coefficient (Wildman–Crippen LogP) is 3.12. The van der Waals surface area contributed by atoms with Crippen LogP contribution in [0.3, 0.4) is 0 Å². The Morgan fingerprint density at radius 2 is 1.77 bits per heavy atom. The first-order chi connectivity index (χ1) is 10.7. The quantitative estimate of drug-likeness (QED) is 0.838. The highest BCUT2D eigenvalue weighted by atomic mass is 16.5. The molecule has 1 amide bonds. The first-order valence-electron chi connectivity index (χ1n) is 7.77. The van der Waals surface area contributed by atoms with Gasteiger partial charge in [-0.25, -0.2) is 0 Å². The number of ether oxygens (including phenoxy) is 3. The van der Waals surface area contributed by atoms with Crippen molar-refractivity contribution in [1.29, 1.82) is 0 Å². The van der Waals surface area contributed by atoms with E-state index in [9.17, 15) is 4.79 Å². The predicted molar refractivity (Wildman–Crippen MR) is 85.1 cm³/mol. The summed E-state index contributed by atoms with van der Waals surface area (Å²) in [6, 6.07) is 3.77. The van der Waals surface area contributed by atoms with E-state index < -0.39 is 0 Å². The molecule has 1 atom stereocenters. The molecule has 1 unspecified atom stereocenters. The van der Waals surface area contributed by atoms with Gasteiger partial charge in [0.05, 0.1) is 21.3 Å². The van der Waals surface area contributed by atoms with E-state index in [-0.39, 0.29) is 5.91 Å². The molecule has 2 rings (SSSR count). The fourth-order valence-corrected chi connectivity index (χ4v) is 3.06. The molecular weight excluding hydrogens is 282 g/mol. The summed E-state index contributed by atoms with van der Waals surface area (Å²) >= 11 is 0. The molecule has 1 fully saturated rings. The largest absolute Gasteiger partial charge is 0.493 e. The molecule has 22 heavy (non-hydrogen) atoms. The van der Waals surface area contributed by atoms with Crippen molar-refractivity contribution in [3.63, 3.8) is 0 Å². The third kappa shape index (κ3) is 3.13. The van der Waals surface area contributed by atoms with Gasteiger partial charge in [0.1, 0.15) is 0 Å². The Morgan fingerprint density at radius 1 is 1.14 bits per heavy atom. The van der Waals surface area contributed by atoms with Gasteiger partial charge >= 0.3 is 0 Å². The SMILES string of the molecule is CCC1CCCCN1C(=O)c1cc(OC)c(OC)c(OC)c1. The summed E-state index contributed by atoms with van der Waals surface area (Å²) in [7, 11) is 4.67. The van der Waals surface area contributed by atoms with Crippen LogP contribution < -0.4 is 14.2 Å². The number of hydrogen-bond acceptors (Lipinski definition) is 4. The molecule has 0 aliphatic carbocycles. The molecule has 1 heterocycles. The molecule has 0 spiro atoms. The lowest BCUT2D eigenvalue weighted by atomic mass is 9.98. The van der Waals surface area contributed by atoms with Crippen molar-refractivity contribution in [1.82, 2.24) is 4.90 Å². The number of carbonyl (C=O) groups is 1. The normalized spacial score (nSPS) is 18.0. The summed E-state index contributed by atoms with van der Waals surface area (Å²) in [4.78, 5) is 14.9. The summed E-state index contributed by atoms with van der Waals surface area (Å²) in [6.45, 7) is 2.94. The lowest BCUT2D eigenvalue weighted by Crippen LogP contribution is -2.43. The highest BCUT2D eigenvalue weighted by molar-refractivity contribution is 5.96. The molecule has 1 aromatic carbocycles. The number of nitrogens with zero attached hydrogens (tertiary/aromatic N) is 1. The number of benzene rings is 1. The van der Waals surface area contributed by atoms with Crippen LogP contribution in [0.5, 0.6) is 17.2 Å². The molecule has 1 aromatic rings. The molecule has 122 valence electrons. The smallest absolute Gasteiger partial charge is 0.254 e. The summed E-state index contributed by atoms with van der Waals surface area (Å²) in [5, 5.41) is 0. The summed E-state index contributed by atoms with van der Waals surface area (Å²) in [5.41, 5.74) is 0.579. The van der Waals surface area contributed by atoms with Crippen LogP contribution in [0.4, 0.5) is 0 Å². The van der Waals surface area contributed by atoms with Crippen molar-refractivity contribution >= 4 is 5.91 Å². The van der Waals surface area contributed by atoms with Crippen molar-refractivity contribution in [3.8, 4) is 17.2 Å². The zero-order chi connectivity index (χ0) is 16.1. The maximum atomic E-state index is 12.9. The lowest BCUT2D eigenvalue weighted by molar-refractivity contribution is 0.0607. The maximum Gasteiger partial charge on any atom is 0.254 e. The second-order valence-corrected chi connectivity index (χ2v) is 5.47. The number of hydrogen-bond donors (Lipinski definition) is 0. The maximum absolute atomic E-state index is 12.9. The van der Waals surface area contributed by atoms with Crippen LogP contribution in [0.1, 0.15) is 43.0 Å². The Balaban J connectivity index is 2.36. The van der Waals surface area contributed by atoms with Crippen molar-refractivity contribution in [3.05, 3.63) is 17.7 Å². The summed E-state index contributed by atoms with van der Waals surface area (Å²) in [6.07, 6.45) is 4.31. The van der Waals surface area contributed by atoms with E-state index in [2.05, 4.69) is 6.92 Å². The summed E-state index contributed by atoms with van der Waals surface area (Å²) in [5.74, 6) is 1.56. The zero-order valence-corrected chi connectivity index (χ0v) is 13.8. The average Bonchev–Trinajstić information content (AvgIpc) is 2.59. The van der Waals surface area contributed by atoms with E-state index in [0.717, 1.165) is 25.8 Å². The van der Waals surface area contributed by atoms with Gasteiger partial charge in [-0.3, -0.25) is 4.79 Å². The molecule has 0 radical (unpaired) electrons. The van der Waals surface area contributed by atoms with Crippen molar-refractivity contribution < 1.29 is 19.0 Å². The first-order valence-corrected chi connectivity index (χ1v) is 7.77. The molecule has 1 saturated heterocycles. The average molecular weight is 307 g/mol. The Morgan fingerprint density at radius 3 is 2.27 bits per heavy atom. The molecule has 5 nitrogen and oxygen atoms in total. The molecule has 5 heteroatoms. The number of rotatable bonds is 5. The van der Waals surface area contributed by atoms with Gasteiger partial charge < -0.3 is 19.1 Å². The van der Waals surface area contributed by atoms with E-state index in [1.165, 1.54) is 6.42 Å². The van der Waals surface area contributed by atoms with Gasteiger partial charge in [0, 0.05) is 18.2 Å². The van der Waals surface area contributed by atoms with E-state index >= 15 is 0 Å². The fraction of sp³-hybridized carbons (Fsp3) is 0.588. The Hall–Kier alpha value is -1.91. The molecule has 0 aromatic heterocycles. The van der Waals surface area contributed by atoms with Gasteiger partial charge in [-0.05, 0) is 37.8 Å². The summed E-state index contributed by atoms with van der Waals surface area (Å²) < 4.78 is 16.0. The standard InChI is InChI=1S/C17H25NO4/c1-5-13-8-6-7-9-18(13)17(19)12-10-14(20-2)16(22-4)15(11-12)21-3/h10-11,13H,5-9H2,1-4H3. The van der Waals surface area contributed by atoms with Gasteiger partial charge in [0.2, 0.25) is 5.75 Å². The highest BCUT2D eigenvalue weighted by Crippen LogP contribution is 2.38. The van der Waals surface area contributed by atoms with Crippen LogP contribution in [0.15, 0.2) is 12.1 Å². The van der Waals surface area contributed by atoms with Gasteiger partial charge in [0.25, 0.3) is 5.91 Å². The number of piperidine rings is 1. The second-order valence-electron chi connectivity index (χ2n) is 5.47.